The van der Waals surface area contributed by atoms with Gasteiger partial charge in [0.25, 0.3) is 0 Å². The molecule has 0 heterocycles. The Bertz CT molecular complexity index is 650. The fourth-order valence-electron chi connectivity index (χ4n) is 2.76. The summed E-state index contributed by atoms with van der Waals surface area (Å²) in [5.41, 5.74) is -0.506. The second-order valence-electron chi connectivity index (χ2n) is 5.75. The average molecular weight is 327 g/mol. The molecule has 1 N–H and O–H groups in total. The number of nitrogens with zero attached hydrogens (tertiary/aromatic N) is 1. The number of aliphatic hydroxyl groups is 1. The van der Waals surface area contributed by atoms with Crippen molar-refractivity contribution in [1.29, 1.82) is 0 Å². The zero-order chi connectivity index (χ0) is 17.6. The monoisotopic (exact) mass is 327 g/mol. The number of methoxy groups -OCH3 is 1. The Hall–Kier alpha value is -2.17. The molecule has 2 aromatic rings. The number of rotatable bonds is 8. The number of hydrogen-bond donors (Lipinski definition) is 1. The molecule has 0 aromatic heterocycles. The molecule has 0 amide bonds. The van der Waals surface area contributed by atoms with Gasteiger partial charge in [0, 0.05) is 12.1 Å². The van der Waals surface area contributed by atoms with Crippen molar-refractivity contribution in [3.8, 4) is 5.75 Å². The smallest absolute Gasteiger partial charge is 0.200 e. The van der Waals surface area contributed by atoms with Gasteiger partial charge in [-0.25, -0.2) is 0 Å². The fourth-order valence-corrected chi connectivity index (χ4v) is 2.76. The van der Waals surface area contributed by atoms with Gasteiger partial charge in [-0.15, -0.1) is 0 Å². The molecule has 2 aromatic carbocycles. The van der Waals surface area contributed by atoms with Crippen LogP contribution in [0, 0.1) is 0 Å². The minimum Gasteiger partial charge on any atom is -0.497 e. The second-order valence-corrected chi connectivity index (χ2v) is 5.75. The van der Waals surface area contributed by atoms with Crippen LogP contribution in [0.2, 0.25) is 0 Å². The number of ketones is 1. The first-order chi connectivity index (χ1) is 11.5. The highest BCUT2D eigenvalue weighted by Gasteiger charge is 2.39. The lowest BCUT2D eigenvalue weighted by Crippen LogP contribution is -2.46. The summed E-state index contributed by atoms with van der Waals surface area (Å²) in [7, 11) is 1.58. The Morgan fingerprint density at radius 2 is 1.62 bits per heavy atom. The van der Waals surface area contributed by atoms with Crippen molar-refractivity contribution in [2.75, 3.05) is 26.7 Å². The standard InChI is InChI=1S/C20H25NO3/c1-4-21(5-2)15-20(23,17-9-7-6-8-10-17)19(22)16-11-13-18(24-3)14-12-16/h6-14,23H,4-5,15H2,1-3H3. The zero-order valence-electron chi connectivity index (χ0n) is 14.5. The Morgan fingerprint density at radius 1 is 1.04 bits per heavy atom. The first-order valence-corrected chi connectivity index (χ1v) is 8.24. The van der Waals surface area contributed by atoms with Crippen LogP contribution < -0.4 is 4.74 Å². The first kappa shape index (κ1) is 18.2. The van der Waals surface area contributed by atoms with Crippen LogP contribution in [0.1, 0.15) is 29.8 Å². The van der Waals surface area contributed by atoms with Crippen molar-refractivity contribution >= 4 is 5.78 Å². The largest absolute Gasteiger partial charge is 0.497 e. The number of carbonyl (C=O) groups excluding carboxylic acids is 1. The van der Waals surface area contributed by atoms with Gasteiger partial charge in [0.15, 0.2) is 11.4 Å². The van der Waals surface area contributed by atoms with Gasteiger partial charge >= 0.3 is 0 Å². The maximum absolute atomic E-state index is 13.1. The third-order valence-electron chi connectivity index (χ3n) is 4.33. The van der Waals surface area contributed by atoms with Gasteiger partial charge in [0.1, 0.15) is 5.75 Å². The third-order valence-corrected chi connectivity index (χ3v) is 4.33. The van der Waals surface area contributed by atoms with Crippen LogP contribution in [0.5, 0.6) is 5.75 Å². The molecule has 2 rings (SSSR count). The van der Waals surface area contributed by atoms with Gasteiger partial charge in [-0.1, -0.05) is 44.2 Å². The average Bonchev–Trinajstić information content (AvgIpc) is 2.66. The lowest BCUT2D eigenvalue weighted by Gasteiger charge is -2.32. The molecule has 0 saturated heterocycles. The van der Waals surface area contributed by atoms with E-state index in [0.29, 0.717) is 16.9 Å². The lowest BCUT2D eigenvalue weighted by atomic mass is 9.85. The molecule has 4 nitrogen and oxygen atoms in total. The number of ether oxygens (including phenoxy) is 1. The van der Waals surface area contributed by atoms with Crippen molar-refractivity contribution in [3.05, 3.63) is 65.7 Å². The molecule has 1 unspecified atom stereocenters. The zero-order valence-corrected chi connectivity index (χ0v) is 14.5. The van der Waals surface area contributed by atoms with E-state index in [-0.39, 0.29) is 12.3 Å². The molecule has 0 aliphatic heterocycles. The number of benzene rings is 2. The summed E-state index contributed by atoms with van der Waals surface area (Å²) in [6.07, 6.45) is 0. The third kappa shape index (κ3) is 3.83. The molecule has 0 aliphatic rings. The van der Waals surface area contributed by atoms with E-state index in [1.54, 1.807) is 43.5 Å². The Kier molecular flexibility index (Phi) is 6.12. The van der Waals surface area contributed by atoms with Gasteiger partial charge < -0.3 is 14.7 Å². The van der Waals surface area contributed by atoms with Gasteiger partial charge in [-0.05, 0) is 42.9 Å². The molecular weight excluding hydrogens is 302 g/mol. The maximum Gasteiger partial charge on any atom is 0.200 e. The van der Waals surface area contributed by atoms with Crippen LogP contribution in [-0.2, 0) is 5.60 Å². The molecule has 4 heteroatoms. The van der Waals surface area contributed by atoms with E-state index in [9.17, 15) is 9.90 Å². The van der Waals surface area contributed by atoms with Crippen LogP contribution in [0.4, 0.5) is 0 Å². The molecule has 0 spiro atoms. The normalized spacial score (nSPS) is 13.5. The van der Waals surface area contributed by atoms with E-state index in [0.717, 1.165) is 13.1 Å². The SMILES string of the molecule is CCN(CC)CC(O)(C(=O)c1ccc(OC)cc1)c1ccccc1. The summed E-state index contributed by atoms with van der Waals surface area (Å²) in [5, 5.41) is 11.3. The van der Waals surface area contributed by atoms with Crippen LogP contribution in [-0.4, -0.2) is 42.5 Å². The predicted octanol–water partition coefficient (Wildman–Crippen LogP) is 3.11. The highest BCUT2D eigenvalue weighted by atomic mass is 16.5. The molecule has 0 aliphatic carbocycles. The van der Waals surface area contributed by atoms with Crippen LogP contribution in [0.25, 0.3) is 0 Å². The van der Waals surface area contributed by atoms with Crippen molar-refractivity contribution in [2.45, 2.75) is 19.4 Å². The molecule has 0 radical (unpaired) electrons. The molecule has 0 saturated carbocycles. The first-order valence-electron chi connectivity index (χ1n) is 8.24. The summed E-state index contributed by atoms with van der Waals surface area (Å²) in [6, 6.07) is 16.0. The van der Waals surface area contributed by atoms with E-state index >= 15 is 0 Å². The number of likely N-dealkylation sites (N-methyl/N-ethyl adjacent to an activating group) is 1. The van der Waals surface area contributed by atoms with E-state index in [1.165, 1.54) is 0 Å². The molecular formula is C20H25NO3. The molecule has 0 bridgehead atoms. The van der Waals surface area contributed by atoms with Crippen LogP contribution in [0.15, 0.2) is 54.6 Å². The summed E-state index contributed by atoms with van der Waals surface area (Å²) in [5.74, 6) is 0.377. The summed E-state index contributed by atoms with van der Waals surface area (Å²) in [4.78, 5) is 15.2. The highest BCUT2D eigenvalue weighted by Crippen LogP contribution is 2.28. The second kappa shape index (κ2) is 8.08. The van der Waals surface area contributed by atoms with Crippen LogP contribution in [0.3, 0.4) is 0 Å². The summed E-state index contributed by atoms with van der Waals surface area (Å²) in [6.45, 7) is 5.83. The predicted molar refractivity (Wildman–Crippen MR) is 95.5 cm³/mol. The maximum atomic E-state index is 13.1. The minimum absolute atomic E-state index is 0.259. The fraction of sp³-hybridized carbons (Fsp3) is 0.350. The Morgan fingerprint density at radius 3 is 2.12 bits per heavy atom. The lowest BCUT2D eigenvalue weighted by molar-refractivity contribution is 0.00970. The Balaban J connectivity index is 2.42. The summed E-state index contributed by atoms with van der Waals surface area (Å²) < 4.78 is 5.14. The Labute approximate surface area is 143 Å². The van der Waals surface area contributed by atoms with E-state index in [4.69, 9.17) is 4.74 Å². The molecule has 128 valence electrons. The van der Waals surface area contributed by atoms with E-state index in [1.807, 2.05) is 32.0 Å². The van der Waals surface area contributed by atoms with Gasteiger partial charge in [0.05, 0.1) is 7.11 Å². The van der Waals surface area contributed by atoms with Crippen molar-refractivity contribution < 1.29 is 14.6 Å². The van der Waals surface area contributed by atoms with E-state index < -0.39 is 5.60 Å². The number of Topliss-reactive ketones (excluding diaryl/α,β-unsaturated/α-hetero) is 1. The molecule has 0 fully saturated rings. The van der Waals surface area contributed by atoms with Gasteiger partial charge in [0.2, 0.25) is 0 Å². The topological polar surface area (TPSA) is 49.8 Å². The molecule has 1 atom stereocenters. The van der Waals surface area contributed by atoms with E-state index in [2.05, 4.69) is 4.90 Å². The van der Waals surface area contributed by atoms with Crippen molar-refractivity contribution in [1.82, 2.24) is 4.90 Å². The van der Waals surface area contributed by atoms with Crippen LogP contribution >= 0.6 is 0 Å². The molecule has 24 heavy (non-hydrogen) atoms. The quantitative estimate of drug-likeness (QED) is 0.757. The summed E-state index contributed by atoms with van der Waals surface area (Å²) >= 11 is 0. The van der Waals surface area contributed by atoms with Crippen molar-refractivity contribution in [2.24, 2.45) is 0 Å². The highest BCUT2D eigenvalue weighted by molar-refractivity contribution is 6.03. The van der Waals surface area contributed by atoms with Gasteiger partial charge in [-0.2, -0.15) is 0 Å². The number of hydrogen-bond acceptors (Lipinski definition) is 4. The number of carbonyl (C=O) groups is 1. The minimum atomic E-state index is -1.58. The van der Waals surface area contributed by atoms with Crippen molar-refractivity contribution in [3.63, 3.8) is 0 Å². The van der Waals surface area contributed by atoms with Gasteiger partial charge in [-0.3, -0.25) is 4.79 Å².